The van der Waals surface area contributed by atoms with E-state index in [0.29, 0.717) is 17.5 Å². The number of aromatic nitrogens is 2. The lowest BCUT2D eigenvalue weighted by molar-refractivity contribution is -0.158. The van der Waals surface area contributed by atoms with Gasteiger partial charge in [-0.2, -0.15) is 0 Å². The molecule has 45 heavy (non-hydrogen) atoms. The molecule has 0 aliphatic heterocycles. The molecule has 1 aliphatic rings. The molecule has 5 rings (SSSR count). The van der Waals surface area contributed by atoms with Crippen LogP contribution in [0.5, 0.6) is 5.75 Å². The highest BCUT2D eigenvalue weighted by atomic mass is 16.6. The standard InChI is InChI=1S/C34H37N3O6.C2H6/c1-7-40-32(38)34(5,6)43-31-21(2)16-24(17-22(31)3)18-37(19-30-36-35-23(4)42-30)33(39)41-20-29-27-14-10-8-12-25(27)26-13-9-11-15-28(26)29;1-2/h8-17,29H,7,18-20H2,1-6H3;1-2H3. The van der Waals surface area contributed by atoms with Crippen LogP contribution < -0.4 is 4.74 Å². The molecule has 3 aromatic carbocycles. The number of amides is 1. The number of carbonyl (C=O) groups excluding carboxylic acids is 2. The summed E-state index contributed by atoms with van der Waals surface area (Å²) in [5.41, 5.74) is 5.97. The van der Waals surface area contributed by atoms with Crippen LogP contribution in [0.25, 0.3) is 11.1 Å². The van der Waals surface area contributed by atoms with Crippen LogP contribution in [-0.2, 0) is 27.4 Å². The van der Waals surface area contributed by atoms with Crippen molar-refractivity contribution < 1.29 is 28.2 Å². The monoisotopic (exact) mass is 613 g/mol. The molecule has 0 unspecified atom stereocenters. The molecule has 0 saturated heterocycles. The SMILES string of the molecule is CC.CCOC(=O)C(C)(C)Oc1c(C)cc(CN(Cc2nnc(C)o2)C(=O)OCC2c3ccccc3-c3ccccc32)cc1C. The minimum Gasteiger partial charge on any atom is -0.476 e. The van der Waals surface area contributed by atoms with Crippen molar-refractivity contribution in [2.24, 2.45) is 0 Å². The Morgan fingerprint density at radius 2 is 1.44 bits per heavy atom. The summed E-state index contributed by atoms with van der Waals surface area (Å²) < 4.78 is 22.9. The van der Waals surface area contributed by atoms with Crippen molar-refractivity contribution in [2.45, 2.75) is 80.0 Å². The molecule has 1 heterocycles. The maximum Gasteiger partial charge on any atom is 0.410 e. The van der Waals surface area contributed by atoms with Gasteiger partial charge in [0.15, 0.2) is 5.60 Å². The highest BCUT2D eigenvalue weighted by Crippen LogP contribution is 2.44. The van der Waals surface area contributed by atoms with Crippen molar-refractivity contribution in [1.82, 2.24) is 15.1 Å². The number of hydrogen-bond donors (Lipinski definition) is 0. The van der Waals surface area contributed by atoms with Crippen LogP contribution in [0.15, 0.2) is 65.1 Å². The number of benzene rings is 3. The van der Waals surface area contributed by atoms with Crippen molar-refractivity contribution >= 4 is 12.1 Å². The third-order valence-corrected chi connectivity index (χ3v) is 7.51. The lowest BCUT2D eigenvalue weighted by Crippen LogP contribution is -2.40. The Labute approximate surface area is 265 Å². The van der Waals surface area contributed by atoms with Gasteiger partial charge in [-0.25, -0.2) is 9.59 Å². The maximum absolute atomic E-state index is 13.6. The zero-order chi connectivity index (χ0) is 32.7. The van der Waals surface area contributed by atoms with Crippen LogP contribution in [-0.4, -0.2) is 46.0 Å². The summed E-state index contributed by atoms with van der Waals surface area (Å²) in [6.45, 7) is 15.4. The van der Waals surface area contributed by atoms with E-state index in [1.54, 1.807) is 32.6 Å². The second-order valence-corrected chi connectivity index (χ2v) is 11.3. The number of rotatable bonds is 10. The molecule has 1 aliphatic carbocycles. The molecular weight excluding hydrogens is 570 g/mol. The lowest BCUT2D eigenvalue weighted by atomic mass is 9.98. The fraction of sp³-hybridized carbons (Fsp3) is 0.389. The predicted molar refractivity (Wildman–Crippen MR) is 172 cm³/mol. The van der Waals surface area contributed by atoms with Crippen molar-refractivity contribution in [3.8, 4) is 16.9 Å². The molecule has 0 atom stereocenters. The molecule has 1 amide bonds. The summed E-state index contributed by atoms with van der Waals surface area (Å²) in [6.07, 6.45) is -0.489. The van der Waals surface area contributed by atoms with Gasteiger partial charge >= 0.3 is 12.1 Å². The van der Waals surface area contributed by atoms with Crippen molar-refractivity contribution in [1.29, 1.82) is 0 Å². The molecule has 0 N–H and O–H groups in total. The van der Waals surface area contributed by atoms with E-state index in [4.69, 9.17) is 18.6 Å². The smallest absolute Gasteiger partial charge is 0.410 e. The molecular formula is C36H43N3O6. The first-order valence-electron chi connectivity index (χ1n) is 15.4. The van der Waals surface area contributed by atoms with Gasteiger partial charge in [0.2, 0.25) is 11.8 Å². The van der Waals surface area contributed by atoms with E-state index < -0.39 is 17.7 Å². The fourth-order valence-electron chi connectivity index (χ4n) is 5.55. The molecule has 0 spiro atoms. The number of hydrogen-bond acceptors (Lipinski definition) is 8. The van der Waals surface area contributed by atoms with E-state index in [9.17, 15) is 9.59 Å². The van der Waals surface area contributed by atoms with Gasteiger partial charge in [0.1, 0.15) is 18.9 Å². The minimum absolute atomic E-state index is 0.0625. The van der Waals surface area contributed by atoms with Crippen molar-refractivity contribution in [3.05, 3.63) is 100 Å². The summed E-state index contributed by atoms with van der Waals surface area (Å²) in [6, 6.07) is 20.3. The second kappa shape index (κ2) is 14.4. The quantitative estimate of drug-likeness (QED) is 0.168. The average Bonchev–Trinajstić information content (AvgIpc) is 3.58. The zero-order valence-electron chi connectivity index (χ0n) is 27.5. The molecule has 0 radical (unpaired) electrons. The normalized spacial score (nSPS) is 12.0. The zero-order valence-corrected chi connectivity index (χ0v) is 27.5. The molecule has 9 nitrogen and oxygen atoms in total. The van der Waals surface area contributed by atoms with Gasteiger partial charge in [-0.05, 0) is 73.6 Å². The van der Waals surface area contributed by atoms with Gasteiger partial charge in [0.25, 0.3) is 0 Å². The number of esters is 1. The predicted octanol–water partition coefficient (Wildman–Crippen LogP) is 7.69. The number of aryl methyl sites for hydroxylation is 3. The molecule has 1 aromatic heterocycles. The second-order valence-electron chi connectivity index (χ2n) is 11.3. The van der Waals surface area contributed by atoms with E-state index in [1.807, 2.05) is 64.1 Å². The molecule has 0 bridgehead atoms. The Hall–Kier alpha value is -4.66. The topological polar surface area (TPSA) is 104 Å². The van der Waals surface area contributed by atoms with E-state index in [-0.39, 0.29) is 32.2 Å². The highest BCUT2D eigenvalue weighted by Gasteiger charge is 2.33. The summed E-state index contributed by atoms with van der Waals surface area (Å²) in [7, 11) is 0. The van der Waals surface area contributed by atoms with Crippen LogP contribution >= 0.6 is 0 Å². The van der Waals surface area contributed by atoms with Crippen LogP contribution in [0, 0.1) is 20.8 Å². The summed E-state index contributed by atoms with van der Waals surface area (Å²) in [4.78, 5) is 27.6. The van der Waals surface area contributed by atoms with Gasteiger partial charge < -0.3 is 18.6 Å². The molecule has 9 heteroatoms. The Bertz CT molecular complexity index is 1570. The van der Waals surface area contributed by atoms with E-state index in [2.05, 4.69) is 34.5 Å². The minimum atomic E-state index is -1.16. The summed E-state index contributed by atoms with van der Waals surface area (Å²) in [5.74, 6) is 0.833. The number of carbonyl (C=O) groups is 2. The van der Waals surface area contributed by atoms with E-state index >= 15 is 0 Å². The van der Waals surface area contributed by atoms with Crippen LogP contribution in [0.2, 0.25) is 0 Å². The molecule has 238 valence electrons. The van der Waals surface area contributed by atoms with E-state index in [1.165, 1.54) is 0 Å². The Balaban J connectivity index is 0.00000226. The average molecular weight is 614 g/mol. The van der Waals surface area contributed by atoms with Gasteiger partial charge in [0, 0.05) is 19.4 Å². The van der Waals surface area contributed by atoms with Crippen LogP contribution in [0.3, 0.4) is 0 Å². The third-order valence-electron chi connectivity index (χ3n) is 7.51. The highest BCUT2D eigenvalue weighted by molar-refractivity contribution is 5.80. The van der Waals surface area contributed by atoms with Gasteiger partial charge in [0.05, 0.1) is 6.61 Å². The molecule has 4 aromatic rings. The summed E-state index contributed by atoms with van der Waals surface area (Å²) >= 11 is 0. The summed E-state index contributed by atoms with van der Waals surface area (Å²) in [5, 5.41) is 8.01. The van der Waals surface area contributed by atoms with E-state index in [0.717, 1.165) is 38.9 Å². The van der Waals surface area contributed by atoms with Gasteiger partial charge in [-0.3, -0.25) is 4.90 Å². The van der Waals surface area contributed by atoms with Crippen LogP contribution in [0.1, 0.15) is 80.1 Å². The Kier molecular flexibility index (Phi) is 10.6. The number of fused-ring (bicyclic) bond motifs is 3. The van der Waals surface area contributed by atoms with Crippen molar-refractivity contribution in [3.63, 3.8) is 0 Å². The number of ether oxygens (including phenoxy) is 3. The first-order valence-corrected chi connectivity index (χ1v) is 15.4. The Morgan fingerprint density at radius 3 is 1.98 bits per heavy atom. The van der Waals surface area contributed by atoms with Crippen LogP contribution in [0.4, 0.5) is 4.79 Å². The van der Waals surface area contributed by atoms with Gasteiger partial charge in [-0.15, -0.1) is 10.2 Å². The maximum atomic E-state index is 13.6. The third kappa shape index (κ3) is 7.53. The van der Waals surface area contributed by atoms with Gasteiger partial charge in [-0.1, -0.05) is 74.5 Å². The largest absolute Gasteiger partial charge is 0.476 e. The first-order chi connectivity index (χ1) is 21.6. The Morgan fingerprint density at radius 1 is 0.867 bits per heavy atom. The lowest BCUT2D eigenvalue weighted by Gasteiger charge is -2.27. The molecule has 0 saturated carbocycles. The molecule has 0 fully saturated rings. The number of nitrogens with zero attached hydrogens (tertiary/aromatic N) is 3. The fourth-order valence-corrected chi connectivity index (χ4v) is 5.55. The van der Waals surface area contributed by atoms with Crippen molar-refractivity contribution in [2.75, 3.05) is 13.2 Å². The first kappa shape index (κ1) is 33.2.